The number of esters is 2. The van der Waals surface area contributed by atoms with E-state index in [9.17, 15) is 14.4 Å². The average molecular weight is 535 g/mol. The normalized spacial score (nSPS) is 25.9. The Bertz CT molecular complexity index is 1030. The van der Waals surface area contributed by atoms with Crippen LogP contribution in [0.25, 0.3) is 0 Å². The van der Waals surface area contributed by atoms with E-state index < -0.39 is 55.7 Å². The Morgan fingerprint density at radius 2 is 1.62 bits per heavy atom. The van der Waals surface area contributed by atoms with E-state index in [0.29, 0.717) is 11.5 Å². The molecule has 2 bridgehead atoms. The first-order valence-corrected chi connectivity index (χ1v) is 15.2. The number of ketones is 1. The van der Waals surface area contributed by atoms with Gasteiger partial charge in [-0.2, -0.15) is 0 Å². The summed E-state index contributed by atoms with van der Waals surface area (Å²) in [4.78, 5) is 39.6. The van der Waals surface area contributed by atoms with Crippen LogP contribution in [0.3, 0.4) is 0 Å². The molecule has 0 aliphatic carbocycles. The van der Waals surface area contributed by atoms with Gasteiger partial charge in [-0.05, 0) is 48.5 Å². The van der Waals surface area contributed by atoms with Gasteiger partial charge in [-0.3, -0.25) is 14.4 Å². The minimum atomic E-state index is -2.13. The molecule has 0 amide bonds. The Balaban J connectivity index is 2.05. The van der Waals surface area contributed by atoms with Gasteiger partial charge >= 0.3 is 11.9 Å². The highest BCUT2D eigenvalue weighted by Gasteiger charge is 2.69. The van der Waals surface area contributed by atoms with Crippen molar-refractivity contribution >= 4 is 26.0 Å². The van der Waals surface area contributed by atoms with Gasteiger partial charge in [0.1, 0.15) is 29.4 Å². The van der Waals surface area contributed by atoms with Gasteiger partial charge in [0.15, 0.2) is 19.7 Å². The monoisotopic (exact) mass is 534 g/mol. The number of carbonyl (C=O) groups excluding carboxylic acids is 3. The van der Waals surface area contributed by atoms with Gasteiger partial charge in [0.05, 0.1) is 27.4 Å². The fourth-order valence-electron chi connectivity index (χ4n) is 4.62. The fraction of sp³-hybridized carbons (Fsp3) is 0.593. The van der Waals surface area contributed by atoms with Gasteiger partial charge in [0.25, 0.3) is 0 Å². The Labute approximate surface area is 219 Å². The summed E-state index contributed by atoms with van der Waals surface area (Å²) in [6.45, 7) is 10.9. The summed E-state index contributed by atoms with van der Waals surface area (Å²) in [5.41, 5.74) is -1.80. The van der Waals surface area contributed by atoms with Crippen LogP contribution in [-0.4, -0.2) is 71.8 Å². The number of carbonyl (C=O) groups is 3. The molecule has 37 heavy (non-hydrogen) atoms. The quantitative estimate of drug-likeness (QED) is 0.328. The molecule has 1 saturated heterocycles. The van der Waals surface area contributed by atoms with Gasteiger partial charge in [0.2, 0.25) is 0 Å². The highest BCUT2D eigenvalue weighted by atomic mass is 28.4. The molecule has 1 aromatic carbocycles. The molecule has 5 atom stereocenters. The van der Waals surface area contributed by atoms with Crippen LogP contribution in [0.5, 0.6) is 11.5 Å². The molecule has 0 aromatic heterocycles. The van der Waals surface area contributed by atoms with Crippen molar-refractivity contribution in [2.24, 2.45) is 11.8 Å². The molecule has 0 spiro atoms. The molecule has 2 aliphatic rings. The summed E-state index contributed by atoms with van der Waals surface area (Å²) in [7, 11) is 1.88. The zero-order chi connectivity index (χ0) is 27.6. The first kappa shape index (κ1) is 28.9. The summed E-state index contributed by atoms with van der Waals surface area (Å²) in [5.74, 6) is -3.14. The fourth-order valence-corrected chi connectivity index (χ4v) is 5.68. The topological polar surface area (TPSA) is 107 Å². The van der Waals surface area contributed by atoms with Crippen molar-refractivity contribution in [1.29, 1.82) is 0 Å². The van der Waals surface area contributed by atoms with Crippen molar-refractivity contribution in [2.75, 3.05) is 27.9 Å². The zero-order valence-electron chi connectivity index (χ0n) is 22.9. The zero-order valence-corrected chi connectivity index (χ0v) is 23.9. The van der Waals surface area contributed by atoms with E-state index >= 15 is 0 Å². The van der Waals surface area contributed by atoms with Gasteiger partial charge in [-0.1, -0.05) is 26.8 Å². The van der Waals surface area contributed by atoms with Crippen molar-refractivity contribution in [3.05, 3.63) is 36.4 Å². The van der Waals surface area contributed by atoms with E-state index in [-0.39, 0.29) is 18.1 Å². The Morgan fingerprint density at radius 1 is 1.03 bits per heavy atom. The Kier molecular flexibility index (Phi) is 8.56. The number of fused-ring (bicyclic) bond motifs is 2. The number of hydrogen-bond donors (Lipinski definition) is 0. The first-order valence-electron chi connectivity index (χ1n) is 12.3. The third-order valence-electron chi connectivity index (χ3n) is 7.72. The largest absolute Gasteiger partial charge is 0.497 e. The number of methoxy groups -OCH3 is 3. The van der Waals surface area contributed by atoms with Crippen LogP contribution in [0, 0.1) is 11.8 Å². The van der Waals surface area contributed by atoms with Crippen LogP contribution < -0.4 is 9.47 Å². The van der Waals surface area contributed by atoms with Gasteiger partial charge in [-0.25, -0.2) is 0 Å². The Morgan fingerprint density at radius 3 is 2.16 bits per heavy atom. The molecule has 0 N–H and O–H groups in total. The van der Waals surface area contributed by atoms with E-state index in [1.54, 1.807) is 31.4 Å². The van der Waals surface area contributed by atoms with Gasteiger partial charge < -0.3 is 28.1 Å². The molecular weight excluding hydrogens is 496 g/mol. The molecule has 2 heterocycles. The van der Waals surface area contributed by atoms with Gasteiger partial charge in [0, 0.05) is 13.0 Å². The lowest BCUT2D eigenvalue weighted by Gasteiger charge is -2.40. The SMILES string of the molecule is COC(=O)C1C(C(=O)OC)[C@]2(C(CCO[Si](C)(C)C(C)(C)C)Oc3ccc(OC)cc3)O[C@H]1C=CC2=O. The van der Waals surface area contributed by atoms with Crippen LogP contribution in [0.4, 0.5) is 0 Å². The molecule has 1 aromatic rings. The highest BCUT2D eigenvalue weighted by Crippen LogP contribution is 2.50. The van der Waals surface area contributed by atoms with E-state index in [1.807, 2.05) is 0 Å². The van der Waals surface area contributed by atoms with Crippen molar-refractivity contribution < 1.29 is 42.5 Å². The van der Waals surface area contributed by atoms with Crippen LogP contribution >= 0.6 is 0 Å². The maximum atomic E-state index is 13.6. The minimum absolute atomic E-state index is 0.0273. The van der Waals surface area contributed by atoms with Crippen molar-refractivity contribution in [2.45, 2.75) is 63.1 Å². The molecule has 3 unspecified atom stereocenters. The average Bonchev–Trinajstić information content (AvgIpc) is 3.15. The lowest BCUT2D eigenvalue weighted by atomic mass is 9.74. The third kappa shape index (κ3) is 5.46. The molecule has 10 heteroatoms. The van der Waals surface area contributed by atoms with Crippen LogP contribution in [0.1, 0.15) is 27.2 Å². The van der Waals surface area contributed by atoms with E-state index in [1.165, 1.54) is 26.4 Å². The second kappa shape index (κ2) is 11.0. The molecule has 2 aliphatic heterocycles. The number of rotatable bonds is 10. The maximum absolute atomic E-state index is 13.6. The second-order valence-electron chi connectivity index (χ2n) is 10.8. The summed E-state index contributed by atoms with van der Waals surface area (Å²) < 4.78 is 34.3. The summed E-state index contributed by atoms with van der Waals surface area (Å²) in [6.07, 6.45) is 1.25. The number of benzene rings is 1. The van der Waals surface area contributed by atoms with Crippen molar-refractivity contribution in [3.63, 3.8) is 0 Å². The highest BCUT2D eigenvalue weighted by molar-refractivity contribution is 6.74. The second-order valence-corrected chi connectivity index (χ2v) is 15.6. The number of ether oxygens (including phenoxy) is 5. The molecule has 1 fully saturated rings. The predicted octanol–water partition coefficient (Wildman–Crippen LogP) is 3.71. The van der Waals surface area contributed by atoms with Crippen LogP contribution in [0.2, 0.25) is 18.1 Å². The summed E-state index contributed by atoms with van der Waals surface area (Å²) in [5, 5.41) is -0.0273. The third-order valence-corrected chi connectivity index (χ3v) is 12.3. The van der Waals surface area contributed by atoms with E-state index in [4.69, 9.17) is 28.1 Å². The molecule has 3 rings (SSSR count). The maximum Gasteiger partial charge on any atom is 0.313 e. The predicted molar refractivity (Wildman–Crippen MR) is 138 cm³/mol. The molecule has 204 valence electrons. The molecule has 9 nitrogen and oxygen atoms in total. The molecule has 0 saturated carbocycles. The lowest BCUT2D eigenvalue weighted by molar-refractivity contribution is -0.173. The standard InChI is InChI=1S/C27H38O9Si/c1-26(2,3)37(7,8)34-16-15-21(35-18-11-9-17(31-4)10-12-18)27-20(28)14-13-19(36-27)22(24(29)32-5)23(27)25(30)33-6/h9-14,19,21-23H,15-16H2,1-8H3/t19-,21?,22?,23?,27-/m0/s1. The van der Waals surface area contributed by atoms with Crippen molar-refractivity contribution in [3.8, 4) is 11.5 Å². The first-order chi connectivity index (χ1) is 17.3. The molecule has 0 radical (unpaired) electrons. The number of hydrogen-bond acceptors (Lipinski definition) is 9. The van der Waals surface area contributed by atoms with E-state index in [2.05, 4.69) is 33.9 Å². The molecular formula is C27H38O9Si. The van der Waals surface area contributed by atoms with Crippen molar-refractivity contribution in [1.82, 2.24) is 0 Å². The summed E-state index contributed by atoms with van der Waals surface area (Å²) in [6, 6.07) is 6.87. The Hall–Kier alpha value is -2.69. The van der Waals surface area contributed by atoms with Gasteiger partial charge in [-0.15, -0.1) is 0 Å². The minimum Gasteiger partial charge on any atom is -0.497 e. The summed E-state index contributed by atoms with van der Waals surface area (Å²) >= 11 is 0. The smallest absolute Gasteiger partial charge is 0.313 e. The van der Waals surface area contributed by atoms with E-state index in [0.717, 1.165) is 0 Å². The lowest BCUT2D eigenvalue weighted by Crippen LogP contribution is -2.60. The van der Waals surface area contributed by atoms with Crippen LogP contribution in [0.15, 0.2) is 36.4 Å². The van der Waals surface area contributed by atoms with Crippen LogP contribution in [-0.2, 0) is 33.0 Å².